The number of sulfonamides is 1. The van der Waals surface area contributed by atoms with Crippen LogP contribution in [0.25, 0.3) is 10.9 Å². The van der Waals surface area contributed by atoms with Crippen LogP contribution >= 0.6 is 11.3 Å². The van der Waals surface area contributed by atoms with Crippen molar-refractivity contribution in [3.8, 4) is 0 Å². The number of amides is 3. The third-order valence-electron chi connectivity index (χ3n) is 7.74. The summed E-state index contributed by atoms with van der Waals surface area (Å²) < 4.78 is 33.4. The molecule has 1 saturated heterocycles. The number of nitrogens with one attached hydrogen (secondary N) is 5. The smallest absolute Gasteiger partial charge is 0.412 e. The van der Waals surface area contributed by atoms with Gasteiger partial charge in [0.1, 0.15) is 16.9 Å². The third kappa shape index (κ3) is 6.18. The molecular weight excluding hydrogens is 640 g/mol. The number of aromatic amines is 2. The van der Waals surface area contributed by atoms with Gasteiger partial charge in [0.15, 0.2) is 10.8 Å². The number of piperazine rings is 1. The fourth-order valence-corrected chi connectivity index (χ4v) is 7.88. The molecule has 20 heteroatoms. The van der Waals surface area contributed by atoms with Crippen LogP contribution in [0.5, 0.6) is 0 Å². The number of rotatable bonds is 7. The molecule has 0 aliphatic carbocycles. The molecule has 5 heterocycles. The molecule has 1 unspecified atom stereocenters. The maximum absolute atomic E-state index is 13.9. The number of alkyl carbamates (subject to hydrolysis) is 1. The Bertz CT molecular complexity index is 1920. The summed E-state index contributed by atoms with van der Waals surface area (Å²) >= 11 is 1.29. The third-order valence-corrected chi connectivity index (χ3v) is 10.6. The molecule has 1 fully saturated rings. The molecule has 0 spiro atoms. The van der Waals surface area contributed by atoms with E-state index in [1.165, 1.54) is 35.5 Å². The van der Waals surface area contributed by atoms with E-state index in [1.807, 2.05) is 7.05 Å². The minimum absolute atomic E-state index is 0.0523. The first kappa shape index (κ1) is 31.2. The Morgan fingerprint density at radius 1 is 1.20 bits per heavy atom. The van der Waals surface area contributed by atoms with Gasteiger partial charge in [-0.3, -0.25) is 20.3 Å². The Morgan fingerprint density at radius 3 is 2.78 bits per heavy atom. The van der Waals surface area contributed by atoms with Gasteiger partial charge in [0, 0.05) is 60.5 Å². The molecule has 0 bridgehead atoms. The van der Waals surface area contributed by atoms with Crippen molar-refractivity contribution in [1.29, 1.82) is 5.41 Å². The maximum Gasteiger partial charge on any atom is 0.412 e. The summed E-state index contributed by atoms with van der Waals surface area (Å²) in [5.41, 5.74) is 1.60. The van der Waals surface area contributed by atoms with Gasteiger partial charge in [0.25, 0.3) is 15.9 Å². The number of carbonyl (C=O) groups excluding carboxylic acids is 3. The fourth-order valence-electron chi connectivity index (χ4n) is 5.28. The molecule has 2 aliphatic rings. The second-order valence-corrected chi connectivity index (χ2v) is 13.7. The van der Waals surface area contributed by atoms with E-state index < -0.39 is 34.0 Å². The molecule has 0 saturated carbocycles. The normalized spacial score (nSPS) is 17.4. The van der Waals surface area contributed by atoms with Crippen molar-refractivity contribution in [1.82, 2.24) is 55.3 Å². The summed E-state index contributed by atoms with van der Waals surface area (Å²) in [4.78, 5) is 50.8. The second-order valence-electron chi connectivity index (χ2n) is 10.7. The van der Waals surface area contributed by atoms with Crippen LogP contribution in [0.2, 0.25) is 0 Å². The van der Waals surface area contributed by atoms with Gasteiger partial charge < -0.3 is 24.8 Å². The summed E-state index contributed by atoms with van der Waals surface area (Å²) in [6, 6.07) is 4.99. The van der Waals surface area contributed by atoms with Gasteiger partial charge in [-0.25, -0.2) is 18.2 Å². The molecular formula is C26H30N12O6S2. The molecule has 0 radical (unpaired) electrons. The zero-order valence-corrected chi connectivity index (χ0v) is 26.4. The highest BCUT2D eigenvalue weighted by atomic mass is 32.2. The zero-order chi connectivity index (χ0) is 32.6. The van der Waals surface area contributed by atoms with Gasteiger partial charge >= 0.3 is 6.09 Å². The SMILES string of the molecule is COC(=O)NC(=N)c1ccc2cc(S(=O)(=O)N3CCN(C(=O)c4nc5c(s4)CN(C)CC5)C(C(=O)NCc4nn[nH]n4)C3)[nH]c2c1. The molecule has 2 aliphatic heterocycles. The summed E-state index contributed by atoms with van der Waals surface area (Å²) in [6.07, 6.45) is -0.0963. The minimum atomic E-state index is -4.17. The largest absolute Gasteiger partial charge is 0.453 e. The molecule has 3 amide bonds. The van der Waals surface area contributed by atoms with Gasteiger partial charge in [-0.15, -0.1) is 21.5 Å². The molecule has 6 rings (SSSR count). The van der Waals surface area contributed by atoms with Crippen LogP contribution in [-0.4, -0.2) is 123 Å². The van der Waals surface area contributed by atoms with Crippen molar-refractivity contribution >= 4 is 56.0 Å². The maximum atomic E-state index is 13.9. The number of tetrazole rings is 1. The number of thiazole rings is 1. The number of H-pyrrole nitrogens is 2. The lowest BCUT2D eigenvalue weighted by atomic mass is 10.1. The lowest BCUT2D eigenvalue weighted by Crippen LogP contribution is -2.61. The number of fused-ring (bicyclic) bond motifs is 2. The highest BCUT2D eigenvalue weighted by molar-refractivity contribution is 7.89. The average Bonchev–Trinajstić information content (AvgIpc) is 3.82. The van der Waals surface area contributed by atoms with Crippen LogP contribution in [0.3, 0.4) is 0 Å². The lowest BCUT2D eigenvalue weighted by Gasteiger charge is -2.39. The standard InChI is InChI=1S/C26H30N12O6S2/c1-36-6-5-16-19(13-36)45-24(30-16)25(40)38-8-7-37(12-18(38)23(39)28-11-20-32-34-35-33-20)46(42,43)21-10-14-3-4-15(9-17(14)29-21)22(27)31-26(41)44-2/h3-4,9-10,18,29H,5-8,11-13H2,1-2H3,(H,28,39)(H2,27,31,41)(H,32,33,34,35). The first-order valence-corrected chi connectivity index (χ1v) is 16.3. The topological polar surface area (TPSA) is 235 Å². The zero-order valence-electron chi connectivity index (χ0n) is 24.7. The molecule has 18 nitrogen and oxygen atoms in total. The number of amidine groups is 1. The Kier molecular flexibility index (Phi) is 8.51. The highest BCUT2D eigenvalue weighted by Gasteiger charge is 2.41. The average molecular weight is 671 g/mol. The molecule has 1 aromatic carbocycles. The molecule has 5 N–H and O–H groups in total. The van der Waals surface area contributed by atoms with Gasteiger partial charge in [0.05, 0.1) is 19.3 Å². The summed E-state index contributed by atoms with van der Waals surface area (Å²) in [7, 11) is -0.998. The van der Waals surface area contributed by atoms with Gasteiger partial charge in [-0.1, -0.05) is 17.3 Å². The monoisotopic (exact) mass is 670 g/mol. The molecule has 1 atom stereocenters. The number of ether oxygens (including phenoxy) is 1. The van der Waals surface area contributed by atoms with E-state index in [9.17, 15) is 22.8 Å². The Balaban J connectivity index is 1.25. The number of nitrogens with zero attached hydrogens (tertiary/aromatic N) is 7. The predicted molar refractivity (Wildman–Crippen MR) is 162 cm³/mol. The number of methoxy groups -OCH3 is 1. The van der Waals surface area contributed by atoms with Gasteiger partial charge in [-0.05, 0) is 19.2 Å². The van der Waals surface area contributed by atoms with Crippen LogP contribution in [0.4, 0.5) is 4.79 Å². The predicted octanol–water partition coefficient (Wildman–Crippen LogP) is -0.362. The van der Waals surface area contributed by atoms with Crippen LogP contribution < -0.4 is 10.6 Å². The van der Waals surface area contributed by atoms with Gasteiger partial charge in [-0.2, -0.15) is 9.52 Å². The number of carbonyl (C=O) groups is 3. The van der Waals surface area contributed by atoms with E-state index in [0.29, 0.717) is 29.4 Å². The van der Waals surface area contributed by atoms with Crippen molar-refractivity contribution in [2.45, 2.75) is 30.6 Å². The number of hydrogen-bond acceptors (Lipinski definition) is 13. The second kappa shape index (κ2) is 12.5. The van der Waals surface area contributed by atoms with Gasteiger partial charge in [0.2, 0.25) is 5.91 Å². The minimum Gasteiger partial charge on any atom is -0.453 e. The van der Waals surface area contributed by atoms with Crippen molar-refractivity contribution in [2.75, 3.05) is 40.3 Å². The summed E-state index contributed by atoms with van der Waals surface area (Å²) in [6.45, 7) is 0.991. The number of hydrogen-bond donors (Lipinski definition) is 5. The Hall–Kier alpha value is -4.79. The van der Waals surface area contributed by atoms with Crippen molar-refractivity contribution in [2.24, 2.45) is 0 Å². The molecule has 4 aromatic rings. The molecule has 46 heavy (non-hydrogen) atoms. The molecule has 3 aromatic heterocycles. The van der Waals surface area contributed by atoms with Crippen molar-refractivity contribution in [3.63, 3.8) is 0 Å². The summed E-state index contributed by atoms with van der Waals surface area (Å²) in [5.74, 6) is -1.04. The van der Waals surface area contributed by atoms with Crippen LogP contribution in [0.1, 0.15) is 31.8 Å². The van der Waals surface area contributed by atoms with Crippen LogP contribution in [-0.2, 0) is 39.1 Å². The Labute approximate surface area is 266 Å². The van der Waals surface area contributed by atoms with Crippen LogP contribution in [0, 0.1) is 5.41 Å². The number of aromatic nitrogens is 6. The number of benzene rings is 1. The first-order valence-electron chi connectivity index (χ1n) is 14.1. The summed E-state index contributed by atoms with van der Waals surface area (Å²) in [5, 5.41) is 27.1. The highest BCUT2D eigenvalue weighted by Crippen LogP contribution is 2.28. The van der Waals surface area contributed by atoms with Crippen molar-refractivity contribution < 1.29 is 27.5 Å². The number of likely N-dealkylation sites (N-methyl/N-ethyl adjacent to an activating group) is 1. The van der Waals surface area contributed by atoms with E-state index in [-0.39, 0.29) is 47.9 Å². The Morgan fingerprint density at radius 2 is 2.02 bits per heavy atom. The molecule has 242 valence electrons. The van der Waals surface area contributed by atoms with Crippen molar-refractivity contribution in [3.05, 3.63) is 51.2 Å². The van der Waals surface area contributed by atoms with E-state index >= 15 is 0 Å². The fraction of sp³-hybridized carbons (Fsp3) is 0.385. The van der Waals surface area contributed by atoms with E-state index in [0.717, 1.165) is 21.4 Å². The first-order chi connectivity index (χ1) is 22.0. The van der Waals surface area contributed by atoms with Crippen LogP contribution in [0.15, 0.2) is 29.3 Å². The van der Waals surface area contributed by atoms with E-state index in [1.54, 1.807) is 12.1 Å². The quantitative estimate of drug-likeness (QED) is 0.126. The van der Waals surface area contributed by atoms with E-state index in [2.05, 4.69) is 50.9 Å². The lowest BCUT2D eigenvalue weighted by molar-refractivity contribution is -0.127. The van der Waals surface area contributed by atoms with E-state index in [4.69, 9.17) is 5.41 Å².